The fourth-order valence-corrected chi connectivity index (χ4v) is 4.20. The van der Waals surface area contributed by atoms with Crippen LogP contribution in [-0.2, 0) is 27.5 Å². The molecule has 0 aromatic heterocycles. The number of rotatable bonds is 9. The monoisotopic (exact) mass is 493 g/mol. The molecule has 2 atom stereocenters. The summed E-state index contributed by atoms with van der Waals surface area (Å²) in [4.78, 5) is 24.6. The highest BCUT2D eigenvalue weighted by molar-refractivity contribution is 7.25. The smallest absolute Gasteiger partial charge is 0.326 e. The van der Waals surface area contributed by atoms with Crippen molar-refractivity contribution in [3.05, 3.63) is 99.6 Å². The minimum absolute atomic E-state index is 0.0122. The van der Waals surface area contributed by atoms with Crippen LogP contribution in [-0.4, -0.2) is 33.2 Å². The lowest BCUT2D eigenvalue weighted by molar-refractivity contribution is -0.139. The Morgan fingerprint density at radius 2 is 1.63 bits per heavy atom. The summed E-state index contributed by atoms with van der Waals surface area (Å²) in [6.45, 7) is 5.25. The van der Waals surface area contributed by atoms with Gasteiger partial charge in [-0.3, -0.25) is 9.36 Å². The lowest BCUT2D eigenvalue weighted by Gasteiger charge is -2.20. The van der Waals surface area contributed by atoms with E-state index >= 15 is 0 Å². The Hall–Kier alpha value is -3.54. The summed E-state index contributed by atoms with van der Waals surface area (Å²) >= 11 is 0. The molecule has 0 aliphatic carbocycles. The van der Waals surface area contributed by atoms with Crippen molar-refractivity contribution < 1.29 is 29.5 Å². The number of carbonyl (C=O) groups is 2. The maximum Gasteiger partial charge on any atom is 0.326 e. The molecule has 0 fully saturated rings. The summed E-state index contributed by atoms with van der Waals surface area (Å²) in [7, 11) is -0.395. The van der Waals surface area contributed by atoms with Gasteiger partial charge in [-0.1, -0.05) is 48.5 Å². The van der Waals surface area contributed by atoms with Gasteiger partial charge < -0.3 is 20.6 Å². The Bertz CT molecular complexity index is 1230. The van der Waals surface area contributed by atoms with Gasteiger partial charge in [0, 0.05) is 6.42 Å². The number of benzene rings is 3. The molecule has 0 spiro atoms. The first kappa shape index (κ1) is 26.1. The van der Waals surface area contributed by atoms with E-state index in [0.717, 1.165) is 27.8 Å². The zero-order chi connectivity index (χ0) is 25.8. The SMILES string of the molecule is Cc1cc(C(C)(O)P=O)cc(C)c1Cc1ccc(O)c(C(=O)NC(Cc2ccccc2)C(=O)O)c1. The average Bonchev–Trinajstić information content (AvgIpc) is 2.82. The van der Waals surface area contributed by atoms with Crippen molar-refractivity contribution in [2.75, 3.05) is 0 Å². The first-order valence-corrected chi connectivity index (χ1v) is 11.9. The molecule has 35 heavy (non-hydrogen) atoms. The molecule has 0 aliphatic heterocycles. The molecule has 0 radical (unpaired) electrons. The quantitative estimate of drug-likeness (QED) is 0.326. The van der Waals surface area contributed by atoms with Crippen LogP contribution < -0.4 is 5.32 Å². The number of aliphatic carboxylic acids is 1. The van der Waals surface area contributed by atoms with E-state index in [1.165, 1.54) is 13.0 Å². The Balaban J connectivity index is 1.84. The molecule has 3 rings (SSSR count). The molecule has 1 amide bonds. The van der Waals surface area contributed by atoms with Crippen molar-refractivity contribution in [1.29, 1.82) is 0 Å². The van der Waals surface area contributed by atoms with Gasteiger partial charge in [-0.2, -0.15) is 0 Å². The number of carbonyl (C=O) groups excluding carboxylic acids is 1. The second-order valence-electron chi connectivity index (χ2n) is 8.78. The van der Waals surface area contributed by atoms with Crippen molar-refractivity contribution in [1.82, 2.24) is 5.32 Å². The van der Waals surface area contributed by atoms with E-state index in [9.17, 15) is 29.5 Å². The average molecular weight is 493 g/mol. The molecule has 3 aromatic rings. The number of carboxylic acids is 1. The van der Waals surface area contributed by atoms with Crippen molar-refractivity contribution in [2.24, 2.45) is 0 Å². The minimum Gasteiger partial charge on any atom is -0.507 e. The number of hydrogen-bond donors (Lipinski definition) is 4. The van der Waals surface area contributed by atoms with Gasteiger partial charge in [0.15, 0.2) is 13.8 Å². The molecule has 0 aliphatic rings. The molecule has 7 nitrogen and oxygen atoms in total. The first-order chi connectivity index (χ1) is 16.5. The summed E-state index contributed by atoms with van der Waals surface area (Å²) in [5.41, 5.74) is 4.78. The Morgan fingerprint density at radius 3 is 2.20 bits per heavy atom. The topological polar surface area (TPSA) is 124 Å². The van der Waals surface area contributed by atoms with E-state index in [4.69, 9.17) is 0 Å². The standard InChI is InChI=1S/C27H28NO6P/c1-16-11-20(27(3,33)35-34)12-17(2)21(16)13-19-9-10-24(29)22(14-19)25(30)28-23(26(31)32)15-18-7-5-4-6-8-18/h4-12,14,23,29,33H,13,15H2,1-3H3,(H,28,30)(H,31,32). The van der Waals surface area contributed by atoms with Gasteiger partial charge in [-0.05, 0) is 72.7 Å². The highest BCUT2D eigenvalue weighted by Crippen LogP contribution is 2.34. The molecule has 0 saturated carbocycles. The van der Waals surface area contributed by atoms with Crippen LogP contribution in [0.5, 0.6) is 5.75 Å². The predicted molar refractivity (Wildman–Crippen MR) is 133 cm³/mol. The number of hydrogen-bond acceptors (Lipinski definition) is 5. The minimum atomic E-state index is -1.49. The van der Waals surface area contributed by atoms with E-state index in [-0.39, 0.29) is 17.7 Å². The second-order valence-corrected chi connectivity index (χ2v) is 9.84. The summed E-state index contributed by atoms with van der Waals surface area (Å²) in [6, 6.07) is 16.0. The third kappa shape index (κ3) is 6.32. The molecule has 0 heterocycles. The molecule has 0 saturated heterocycles. The summed E-state index contributed by atoms with van der Waals surface area (Å²) in [6.07, 6.45) is 0.557. The zero-order valence-electron chi connectivity index (χ0n) is 19.8. The Kier molecular flexibility index (Phi) is 8.05. The van der Waals surface area contributed by atoms with E-state index in [2.05, 4.69) is 5.32 Å². The molecule has 8 heteroatoms. The number of phenols is 1. The molecule has 182 valence electrons. The van der Waals surface area contributed by atoms with Gasteiger partial charge in [0.2, 0.25) is 0 Å². The summed E-state index contributed by atoms with van der Waals surface area (Å²) in [5, 5.41) is 31.2. The largest absolute Gasteiger partial charge is 0.507 e. The predicted octanol–water partition coefficient (Wildman–Crippen LogP) is 4.48. The first-order valence-electron chi connectivity index (χ1n) is 11.1. The van der Waals surface area contributed by atoms with Crippen LogP contribution in [0.25, 0.3) is 0 Å². The lowest BCUT2D eigenvalue weighted by atomic mass is 9.92. The number of phenolic OH excluding ortho intramolecular Hbond substituents is 1. The fraction of sp³-hybridized carbons (Fsp3) is 0.259. The van der Waals surface area contributed by atoms with Crippen LogP contribution in [0.2, 0.25) is 0 Å². The van der Waals surface area contributed by atoms with Crippen molar-refractivity contribution in [2.45, 2.75) is 45.0 Å². The third-order valence-electron chi connectivity index (χ3n) is 5.99. The van der Waals surface area contributed by atoms with Gasteiger partial charge in [0.05, 0.1) is 5.56 Å². The van der Waals surface area contributed by atoms with Gasteiger partial charge in [-0.25, -0.2) is 4.79 Å². The second kappa shape index (κ2) is 10.8. The van der Waals surface area contributed by atoms with Crippen LogP contribution >= 0.6 is 8.46 Å². The van der Waals surface area contributed by atoms with Crippen molar-refractivity contribution in [3.63, 3.8) is 0 Å². The van der Waals surface area contributed by atoms with E-state index in [1.54, 1.807) is 48.5 Å². The molecular formula is C27H28NO6P. The number of nitrogens with one attached hydrogen (secondary N) is 1. The number of aliphatic hydroxyl groups is 1. The van der Waals surface area contributed by atoms with Crippen LogP contribution in [0.1, 0.15) is 50.7 Å². The summed E-state index contributed by atoms with van der Waals surface area (Å²) < 4.78 is 11.3. The Morgan fingerprint density at radius 1 is 1.00 bits per heavy atom. The lowest BCUT2D eigenvalue weighted by Crippen LogP contribution is -2.42. The normalized spacial score (nSPS) is 13.7. The molecular weight excluding hydrogens is 465 g/mol. The summed E-state index contributed by atoms with van der Waals surface area (Å²) in [5.74, 6) is -2.09. The van der Waals surface area contributed by atoms with Crippen molar-refractivity contribution >= 4 is 20.3 Å². The van der Waals surface area contributed by atoms with Crippen LogP contribution in [0.4, 0.5) is 0 Å². The number of amides is 1. The Labute approximate surface area is 205 Å². The van der Waals surface area contributed by atoms with E-state index in [0.29, 0.717) is 12.0 Å². The van der Waals surface area contributed by atoms with Crippen LogP contribution in [0, 0.1) is 13.8 Å². The van der Waals surface area contributed by atoms with Gasteiger partial charge in [0.25, 0.3) is 5.91 Å². The van der Waals surface area contributed by atoms with Gasteiger partial charge in [-0.15, -0.1) is 0 Å². The zero-order valence-corrected chi connectivity index (χ0v) is 20.7. The molecule has 3 aromatic carbocycles. The molecule has 2 unspecified atom stereocenters. The van der Waals surface area contributed by atoms with Gasteiger partial charge >= 0.3 is 5.97 Å². The maximum atomic E-state index is 12.9. The molecule has 4 N–H and O–H groups in total. The maximum absolute atomic E-state index is 12.9. The third-order valence-corrected chi connectivity index (χ3v) is 6.61. The fourth-order valence-electron chi connectivity index (χ4n) is 3.96. The van der Waals surface area contributed by atoms with Crippen LogP contribution in [0.15, 0.2) is 60.7 Å². The highest BCUT2D eigenvalue weighted by Gasteiger charge is 2.25. The van der Waals surface area contributed by atoms with E-state index < -0.39 is 31.7 Å². The highest BCUT2D eigenvalue weighted by atomic mass is 31.1. The van der Waals surface area contributed by atoms with E-state index in [1.807, 2.05) is 19.9 Å². The van der Waals surface area contributed by atoms with Crippen LogP contribution in [0.3, 0.4) is 0 Å². The van der Waals surface area contributed by atoms with Gasteiger partial charge in [0.1, 0.15) is 11.8 Å². The number of aryl methyl sites for hydroxylation is 2. The number of carboxylic acid groups (broad SMARTS) is 1. The van der Waals surface area contributed by atoms with Crippen molar-refractivity contribution in [3.8, 4) is 5.75 Å². The molecule has 0 bridgehead atoms. The number of aromatic hydroxyl groups is 1.